The zero-order valence-corrected chi connectivity index (χ0v) is 19.7. The summed E-state index contributed by atoms with van der Waals surface area (Å²) in [4.78, 5) is 31.2. The first-order chi connectivity index (χ1) is 15.6. The molecule has 6 nitrogen and oxygen atoms in total. The number of carbonyl (C=O) groups is 2. The topological polar surface area (TPSA) is 59.1 Å². The van der Waals surface area contributed by atoms with Gasteiger partial charge in [-0.25, -0.2) is 0 Å². The van der Waals surface area contributed by atoms with Crippen molar-refractivity contribution in [3.05, 3.63) is 51.7 Å². The molecule has 1 aliphatic heterocycles. The van der Waals surface area contributed by atoms with Gasteiger partial charge in [0.25, 0.3) is 0 Å². The number of methoxy groups -OCH3 is 1. The van der Waals surface area contributed by atoms with Crippen LogP contribution in [0.4, 0.5) is 0 Å². The standard InChI is InChI=1S/C25H32N2O4S/c1-18-6-3-4-7-22(18)31-17-21-20-11-15-32-23(20)10-13-27(21)24(28)16-26(12-5-14-30-2)25(29)19-8-9-19/h3-4,6-7,11,15,19,21H,5,8-10,12-14,16-17H2,1-2H3. The van der Waals surface area contributed by atoms with Gasteiger partial charge in [-0.15, -0.1) is 11.3 Å². The highest BCUT2D eigenvalue weighted by atomic mass is 32.1. The van der Waals surface area contributed by atoms with E-state index in [9.17, 15) is 9.59 Å². The van der Waals surface area contributed by atoms with Crippen LogP contribution in [0.25, 0.3) is 0 Å². The van der Waals surface area contributed by atoms with Crippen molar-refractivity contribution in [1.82, 2.24) is 9.80 Å². The molecule has 1 fully saturated rings. The van der Waals surface area contributed by atoms with Crippen LogP contribution in [0.1, 0.15) is 41.3 Å². The minimum Gasteiger partial charge on any atom is -0.491 e. The Morgan fingerprint density at radius 2 is 2.03 bits per heavy atom. The highest BCUT2D eigenvalue weighted by Gasteiger charge is 2.37. The molecule has 172 valence electrons. The Morgan fingerprint density at radius 1 is 1.22 bits per heavy atom. The summed E-state index contributed by atoms with van der Waals surface area (Å²) in [5, 5.41) is 2.09. The molecule has 4 rings (SSSR count). The lowest BCUT2D eigenvalue weighted by Gasteiger charge is -2.37. The number of aryl methyl sites for hydroxylation is 1. The monoisotopic (exact) mass is 456 g/mol. The quantitative estimate of drug-likeness (QED) is 0.510. The zero-order valence-electron chi connectivity index (χ0n) is 18.9. The first-order valence-corrected chi connectivity index (χ1v) is 12.3. The van der Waals surface area contributed by atoms with E-state index in [1.165, 1.54) is 10.4 Å². The summed E-state index contributed by atoms with van der Waals surface area (Å²) >= 11 is 1.74. The predicted octanol–water partition coefficient (Wildman–Crippen LogP) is 3.84. The van der Waals surface area contributed by atoms with Crippen LogP contribution >= 0.6 is 11.3 Å². The van der Waals surface area contributed by atoms with Gasteiger partial charge >= 0.3 is 0 Å². The molecule has 0 N–H and O–H groups in total. The maximum atomic E-state index is 13.5. The van der Waals surface area contributed by atoms with Gasteiger partial charge in [-0.3, -0.25) is 9.59 Å². The number of hydrogen-bond donors (Lipinski definition) is 0. The molecule has 0 radical (unpaired) electrons. The van der Waals surface area contributed by atoms with Gasteiger partial charge in [0, 0.05) is 37.6 Å². The van der Waals surface area contributed by atoms with E-state index < -0.39 is 0 Å². The second-order valence-corrected chi connectivity index (χ2v) is 9.61. The number of carbonyl (C=O) groups excluding carboxylic acids is 2. The average Bonchev–Trinajstić information content (AvgIpc) is 3.54. The molecule has 1 aromatic carbocycles. The van der Waals surface area contributed by atoms with Gasteiger partial charge in [0.15, 0.2) is 0 Å². The van der Waals surface area contributed by atoms with Crippen LogP contribution in [0.2, 0.25) is 0 Å². The molecular formula is C25H32N2O4S. The van der Waals surface area contributed by atoms with Crippen molar-refractivity contribution in [3.63, 3.8) is 0 Å². The normalized spacial score (nSPS) is 17.7. The highest BCUT2D eigenvalue weighted by Crippen LogP contribution is 2.35. The van der Waals surface area contributed by atoms with Gasteiger partial charge < -0.3 is 19.3 Å². The summed E-state index contributed by atoms with van der Waals surface area (Å²) in [7, 11) is 1.66. The number of amides is 2. The van der Waals surface area contributed by atoms with E-state index in [0.717, 1.165) is 37.0 Å². The average molecular weight is 457 g/mol. The molecule has 2 heterocycles. The Labute approximate surface area is 194 Å². The molecule has 32 heavy (non-hydrogen) atoms. The lowest BCUT2D eigenvalue weighted by atomic mass is 10.00. The maximum Gasteiger partial charge on any atom is 0.242 e. The Morgan fingerprint density at radius 3 is 2.78 bits per heavy atom. The largest absolute Gasteiger partial charge is 0.491 e. The third-order valence-corrected chi connectivity index (χ3v) is 7.24. The SMILES string of the molecule is COCCCN(CC(=O)N1CCc2sccc2C1COc1ccccc1C)C(=O)C1CC1. The molecule has 2 aromatic rings. The van der Waals surface area contributed by atoms with E-state index in [1.54, 1.807) is 23.3 Å². The van der Waals surface area contributed by atoms with Gasteiger partial charge in [0.05, 0.1) is 12.6 Å². The van der Waals surface area contributed by atoms with Crippen molar-refractivity contribution in [2.24, 2.45) is 5.92 Å². The molecule has 2 aliphatic rings. The van der Waals surface area contributed by atoms with E-state index >= 15 is 0 Å². The molecule has 1 aliphatic carbocycles. The number of nitrogens with zero attached hydrogens (tertiary/aromatic N) is 2. The van der Waals surface area contributed by atoms with E-state index in [2.05, 4.69) is 11.4 Å². The summed E-state index contributed by atoms with van der Waals surface area (Å²) < 4.78 is 11.3. The second kappa shape index (κ2) is 10.5. The van der Waals surface area contributed by atoms with E-state index in [4.69, 9.17) is 9.47 Å². The Bertz CT molecular complexity index is 940. The number of hydrogen-bond acceptors (Lipinski definition) is 5. The Balaban J connectivity index is 1.48. The van der Waals surface area contributed by atoms with Crippen molar-refractivity contribution in [2.75, 3.05) is 40.0 Å². The van der Waals surface area contributed by atoms with Crippen LogP contribution in [-0.4, -0.2) is 61.6 Å². The molecule has 0 saturated heterocycles. The summed E-state index contributed by atoms with van der Waals surface area (Å²) in [6, 6.07) is 9.90. The minimum atomic E-state index is -0.144. The van der Waals surface area contributed by atoms with Crippen LogP contribution in [0, 0.1) is 12.8 Å². The molecule has 2 amide bonds. The van der Waals surface area contributed by atoms with E-state index in [1.807, 2.05) is 36.1 Å². The lowest BCUT2D eigenvalue weighted by Crippen LogP contribution is -2.48. The maximum absolute atomic E-state index is 13.5. The first kappa shape index (κ1) is 22.8. The predicted molar refractivity (Wildman–Crippen MR) is 125 cm³/mol. The van der Waals surface area contributed by atoms with Crippen molar-refractivity contribution in [2.45, 2.75) is 38.6 Å². The summed E-state index contributed by atoms with van der Waals surface area (Å²) in [6.45, 7) is 4.34. The molecule has 0 spiro atoms. The molecule has 0 bridgehead atoms. The fraction of sp³-hybridized carbons (Fsp3) is 0.520. The van der Waals surface area contributed by atoms with Crippen LogP contribution in [0.15, 0.2) is 35.7 Å². The van der Waals surface area contributed by atoms with Gasteiger partial charge in [-0.2, -0.15) is 0 Å². The third kappa shape index (κ3) is 5.33. The van der Waals surface area contributed by atoms with Crippen LogP contribution in [-0.2, 0) is 20.7 Å². The van der Waals surface area contributed by atoms with Crippen LogP contribution in [0.3, 0.4) is 0 Å². The van der Waals surface area contributed by atoms with Crippen LogP contribution in [0.5, 0.6) is 5.75 Å². The van der Waals surface area contributed by atoms with Gasteiger partial charge in [0.1, 0.15) is 12.4 Å². The molecule has 1 aromatic heterocycles. The third-order valence-electron chi connectivity index (χ3n) is 6.25. The Kier molecular flexibility index (Phi) is 7.48. The highest BCUT2D eigenvalue weighted by molar-refractivity contribution is 7.10. The van der Waals surface area contributed by atoms with Crippen molar-refractivity contribution < 1.29 is 19.1 Å². The van der Waals surface area contributed by atoms with Crippen LogP contribution < -0.4 is 4.74 Å². The number of benzene rings is 1. The summed E-state index contributed by atoms with van der Waals surface area (Å²) in [5.41, 5.74) is 2.24. The van der Waals surface area contributed by atoms with Gasteiger partial charge in [-0.1, -0.05) is 18.2 Å². The second-order valence-electron chi connectivity index (χ2n) is 8.61. The van der Waals surface area contributed by atoms with Gasteiger partial charge in [-0.05, 0) is 61.2 Å². The van der Waals surface area contributed by atoms with Crippen molar-refractivity contribution in [3.8, 4) is 5.75 Å². The number of fused-ring (bicyclic) bond motifs is 1. The number of rotatable bonds is 10. The Hall–Kier alpha value is -2.38. The number of thiophene rings is 1. The first-order valence-electron chi connectivity index (χ1n) is 11.4. The summed E-state index contributed by atoms with van der Waals surface area (Å²) in [5.74, 6) is 1.03. The van der Waals surface area contributed by atoms with E-state index in [0.29, 0.717) is 26.3 Å². The van der Waals surface area contributed by atoms with E-state index in [-0.39, 0.29) is 30.3 Å². The molecule has 7 heteroatoms. The molecular weight excluding hydrogens is 424 g/mol. The molecule has 1 saturated carbocycles. The fourth-order valence-corrected chi connectivity index (χ4v) is 5.20. The number of ether oxygens (including phenoxy) is 2. The zero-order chi connectivity index (χ0) is 22.5. The number of para-hydroxylation sites is 1. The molecule has 1 atom stereocenters. The van der Waals surface area contributed by atoms with Crippen molar-refractivity contribution in [1.29, 1.82) is 0 Å². The van der Waals surface area contributed by atoms with Gasteiger partial charge in [0.2, 0.25) is 11.8 Å². The minimum absolute atomic E-state index is 0.00773. The smallest absolute Gasteiger partial charge is 0.242 e. The molecule has 1 unspecified atom stereocenters. The fourth-order valence-electron chi connectivity index (χ4n) is 4.27. The lowest BCUT2D eigenvalue weighted by molar-refractivity contribution is -0.143. The van der Waals surface area contributed by atoms with Crippen molar-refractivity contribution >= 4 is 23.2 Å². The summed E-state index contributed by atoms with van der Waals surface area (Å²) in [6.07, 6.45) is 3.45.